The minimum absolute atomic E-state index is 0. The van der Waals surface area contributed by atoms with Crippen molar-refractivity contribution >= 4 is 54.7 Å². The van der Waals surface area contributed by atoms with Crippen LogP contribution in [-0.4, -0.2) is 54.1 Å². The van der Waals surface area contributed by atoms with E-state index in [0.29, 0.717) is 126 Å². The number of rotatable bonds is 24. The SMILES string of the molecule is C.C.CCC(CC)C(=O)C=C(O)C(CC)CC(F)(F)F.CCC(CC)C(=O)C=C(O)C(CC)CC(F)(F)F.[2H]c1nc(-c2[c-]c(C([2H])([2H])[2H])cc(C)c2[2H])c2ccc(C(C)C)cc2c1[2H].[2H]c1nc(-c2[c-]c(C([2H])([2H])[2H])cc(C)c2[2H])c2ccc(CC3CCCC3)cc2c1[2H].[2H]c1nc(-c2[c-]c(C)cc(C([2H])([2H])[2H])c2[2H])c2ccc(C(C)C)cc2c1[2H].[2H]c1nc(-c2[c-]c(C)cc(C([2H])([2H])[2H])c2[2H])c2ccc(CC3CCCC3)cc2c1[2H].[Ir].[Ir]. The molecule has 0 saturated heterocycles. The predicted molar refractivity (Wildman–Crippen MR) is 523 cm³/mol. The number of ketones is 2. The molecule has 2 radical (unpaired) electrons. The Kier molecular flexibility index (Phi) is 31.8. The summed E-state index contributed by atoms with van der Waals surface area (Å²) in [6, 6.07) is 40.7. The maximum atomic E-state index is 12.3. The van der Waals surface area contributed by atoms with E-state index in [1.165, 1.54) is 75.6 Å². The number of carbonyl (C=O) groups is 2. The Hall–Kier alpha value is -9.30. The van der Waals surface area contributed by atoms with Gasteiger partial charge in [0.25, 0.3) is 0 Å². The van der Waals surface area contributed by atoms with Crippen LogP contribution in [-0.2, 0) is 62.6 Å². The molecule has 0 aliphatic heterocycles. The minimum Gasteiger partial charge on any atom is -0.512 e. The van der Waals surface area contributed by atoms with Crippen molar-refractivity contribution in [3.8, 4) is 45.0 Å². The number of halogens is 6. The molecular weight excluding hydrogens is 1990 g/mol. The van der Waals surface area contributed by atoms with Gasteiger partial charge in [-0.1, -0.05) is 263 Å². The third-order valence-electron chi connectivity index (χ3n) is 22.9. The molecule has 2 unspecified atom stereocenters. The zero-order valence-electron chi connectivity index (χ0n) is 99.2. The molecule has 14 rings (SSSR count). The molecule has 8 aromatic carbocycles. The second-order valence-electron chi connectivity index (χ2n) is 33.5. The summed E-state index contributed by atoms with van der Waals surface area (Å²) < 4.78 is 266. The van der Waals surface area contributed by atoms with E-state index in [4.69, 9.17) is 32.9 Å². The van der Waals surface area contributed by atoms with E-state index in [2.05, 4.69) is 44.2 Å². The molecule has 12 aromatic rings. The number of aromatic nitrogens is 4. The predicted octanol–water partition coefficient (Wildman–Crippen LogP) is 33.1. The largest absolute Gasteiger partial charge is 0.512 e. The standard InChI is InChI=1S/2C23H24N.2C20H20N.2C13H21F3O2.2CH4.2Ir/c2*1-16-11-17(2)13-21(12-16)23-22-8-7-19(14-18-5-3-4-6-18)15-20(22)9-10-24-23;2*1-13(2)16-5-6-19-17(12-16)7-8-21-20(19)18-10-14(3)9-15(4)11-18;2*1-4-9(5-2)11(17)7-12(18)10(6-3)8-13(14,15)16;;;;/h2*7-12,15,18H,3-6,14H2,1-2H3;2*5-10,12-13H,1-4H3;2*7,9-10,18H,4-6,8H2,1-3H3;2*1H4;;/q4*-1;;;;;;/i2D3,9D,10D,12D;1D3,9D,10D,12D;4D3,7D,8D,10D;3D3,7D,8D,10D;;;;;;. The van der Waals surface area contributed by atoms with Crippen LogP contribution in [0.2, 0.25) is 0 Å². The fourth-order valence-corrected chi connectivity index (χ4v) is 15.9. The molecule has 2 saturated carbocycles. The smallest absolute Gasteiger partial charge is 0.389 e. The molecule has 8 nitrogen and oxygen atoms in total. The first-order chi connectivity index (χ1) is 69.8. The van der Waals surface area contributed by atoms with Gasteiger partial charge in [0.2, 0.25) is 0 Å². The van der Waals surface area contributed by atoms with Crippen molar-refractivity contribution in [2.75, 3.05) is 0 Å². The van der Waals surface area contributed by atoms with Crippen LogP contribution in [0.25, 0.3) is 88.1 Å². The first-order valence-electron chi connectivity index (χ1n) is 55.6. The summed E-state index contributed by atoms with van der Waals surface area (Å²) in [6.45, 7) is 15.9. The van der Waals surface area contributed by atoms with Crippen molar-refractivity contribution in [3.05, 3.63) is 285 Å². The first-order valence-corrected chi connectivity index (χ1v) is 43.6. The van der Waals surface area contributed by atoms with E-state index >= 15 is 0 Å². The zero-order chi connectivity index (χ0) is 112. The molecule has 16 heteroatoms. The second-order valence-corrected chi connectivity index (χ2v) is 33.5. The molecular formula is C114H138F6Ir2N4O4-4. The Bertz CT molecular complexity index is 6660. The summed E-state index contributed by atoms with van der Waals surface area (Å²) in [4.78, 5) is 40.3. The molecule has 4 heterocycles. The monoisotopic (exact) mass is 2150 g/mol. The van der Waals surface area contributed by atoms with Crippen molar-refractivity contribution in [2.24, 2.45) is 35.5 Å². The maximum Gasteiger partial charge on any atom is 0.389 e. The Morgan fingerprint density at radius 1 is 0.415 bits per heavy atom. The van der Waals surface area contributed by atoms with Crippen LogP contribution in [0.5, 0.6) is 0 Å². The number of pyridine rings is 4. The zero-order valence-corrected chi connectivity index (χ0v) is 80.0. The Morgan fingerprint density at radius 3 is 0.969 bits per heavy atom. The van der Waals surface area contributed by atoms with Crippen LogP contribution in [0.1, 0.15) is 298 Å². The van der Waals surface area contributed by atoms with E-state index < -0.39 is 76.0 Å². The average molecular weight is 2150 g/mol. The molecule has 0 amide bonds. The van der Waals surface area contributed by atoms with Gasteiger partial charge in [-0.15, -0.1) is 139 Å². The summed E-state index contributed by atoms with van der Waals surface area (Å²) in [5, 5.41) is 24.2. The van der Waals surface area contributed by atoms with Gasteiger partial charge >= 0.3 is 12.4 Å². The number of allylic oxidation sites excluding steroid dienone is 4. The summed E-state index contributed by atoms with van der Waals surface area (Å²) in [5.41, 5.74) is 8.84. The van der Waals surface area contributed by atoms with Crippen LogP contribution in [0.3, 0.4) is 0 Å². The third kappa shape index (κ3) is 33.2. The van der Waals surface area contributed by atoms with Crippen molar-refractivity contribution in [3.63, 3.8) is 0 Å². The topological polar surface area (TPSA) is 126 Å². The molecule has 2 aliphatic rings. The number of aryl methyl sites for hydroxylation is 8. The number of nitrogens with zero attached hydrogens (tertiary/aromatic N) is 4. The van der Waals surface area contributed by atoms with Crippen LogP contribution in [0.15, 0.2) is 194 Å². The van der Waals surface area contributed by atoms with Crippen molar-refractivity contribution < 1.29 is 119 Å². The van der Waals surface area contributed by atoms with Gasteiger partial charge < -0.3 is 30.1 Å². The third-order valence-corrected chi connectivity index (χ3v) is 22.9. The van der Waals surface area contributed by atoms with Gasteiger partial charge in [-0.2, -0.15) is 26.3 Å². The summed E-state index contributed by atoms with van der Waals surface area (Å²) >= 11 is 0. The number of fused-ring (bicyclic) bond motifs is 4. The van der Waals surface area contributed by atoms with Gasteiger partial charge in [0.15, 0.2) is 11.6 Å². The molecule has 702 valence electrons. The van der Waals surface area contributed by atoms with Gasteiger partial charge in [0.1, 0.15) is 0 Å². The maximum absolute atomic E-state index is 12.3. The van der Waals surface area contributed by atoms with Crippen LogP contribution in [0.4, 0.5) is 26.3 Å². The fraction of sp³-hybridized carbons (Fsp3) is 0.421. The van der Waals surface area contributed by atoms with Crippen LogP contribution < -0.4 is 0 Å². The number of carbonyl (C=O) groups excluding carboxylic acids is 2. The van der Waals surface area contributed by atoms with Crippen molar-refractivity contribution in [1.82, 2.24) is 19.9 Å². The molecule has 0 bridgehead atoms. The number of alkyl halides is 6. The van der Waals surface area contributed by atoms with Gasteiger partial charge in [-0.25, -0.2) is 0 Å². The van der Waals surface area contributed by atoms with E-state index in [1.54, 1.807) is 41.5 Å². The quantitative estimate of drug-likeness (QED) is 0.0265. The van der Waals surface area contributed by atoms with Gasteiger partial charge in [-0.05, 0) is 193 Å². The van der Waals surface area contributed by atoms with Crippen LogP contribution >= 0.6 is 0 Å². The number of hydrogen-bond donors (Lipinski definition) is 2. The molecule has 2 aliphatic carbocycles. The van der Waals surface area contributed by atoms with E-state index in [1.807, 2.05) is 128 Å². The molecule has 2 atom stereocenters. The molecule has 4 aromatic heterocycles. The van der Waals surface area contributed by atoms with Gasteiger partial charge in [0, 0.05) is 117 Å². The first kappa shape index (κ1) is 78.2. The van der Waals surface area contributed by atoms with Crippen molar-refractivity contribution in [2.45, 2.75) is 279 Å². The van der Waals surface area contributed by atoms with Crippen LogP contribution in [0, 0.1) is 115 Å². The molecule has 2 fully saturated rings. The normalized spacial score (nSPS) is 16.5. The van der Waals surface area contributed by atoms with Crippen molar-refractivity contribution in [1.29, 1.82) is 0 Å². The number of hydrogen-bond acceptors (Lipinski definition) is 8. The van der Waals surface area contributed by atoms with E-state index in [0.717, 1.165) is 47.2 Å². The molecule has 0 spiro atoms. The number of benzene rings is 8. The average Bonchev–Trinajstić information content (AvgIpc) is 0.885. The number of aliphatic hydroxyl groups is 2. The van der Waals surface area contributed by atoms with E-state index in [9.17, 15) is 46.1 Å². The van der Waals surface area contributed by atoms with E-state index in [-0.39, 0.29) is 221 Å². The Labute approximate surface area is 833 Å². The fourth-order valence-electron chi connectivity index (χ4n) is 15.9. The Morgan fingerprint density at radius 2 is 0.692 bits per heavy atom. The van der Waals surface area contributed by atoms with Gasteiger partial charge in [-0.3, -0.25) is 9.59 Å². The van der Waals surface area contributed by atoms with Gasteiger partial charge in [0.05, 0.1) is 35.3 Å². The summed E-state index contributed by atoms with van der Waals surface area (Å²) in [6.07, 6.45) is 5.03. The Balaban J connectivity index is 0.000000326. The summed E-state index contributed by atoms with van der Waals surface area (Å²) in [5.74, 6) is -2.13. The minimum atomic E-state index is -4.33. The number of aliphatic hydroxyl groups excluding tert-OH is 2. The molecule has 130 heavy (non-hydrogen) atoms. The summed E-state index contributed by atoms with van der Waals surface area (Å²) in [7, 11) is 0. The molecule has 2 N–H and O–H groups in total. The second kappa shape index (κ2) is 52.8.